The number of nitrogens with zero attached hydrogens (tertiary/aromatic N) is 4. The third-order valence-corrected chi connectivity index (χ3v) is 6.58. The normalized spacial score (nSPS) is 12.6. The van der Waals surface area contributed by atoms with Crippen molar-refractivity contribution in [1.82, 2.24) is 9.38 Å². The van der Waals surface area contributed by atoms with Crippen LogP contribution in [0.5, 0.6) is 0 Å². The molecule has 0 spiro atoms. The summed E-state index contributed by atoms with van der Waals surface area (Å²) in [5, 5.41) is 4.95. The number of hydrogen-bond donors (Lipinski definition) is 0. The Bertz CT molecular complexity index is 1710. The van der Waals surface area contributed by atoms with Crippen molar-refractivity contribution in [3.8, 4) is 0 Å². The molecule has 0 saturated carbocycles. The first-order valence-electron chi connectivity index (χ1n) is 10.6. The summed E-state index contributed by atoms with van der Waals surface area (Å²) in [6, 6.07) is 15.3. The van der Waals surface area contributed by atoms with E-state index in [-0.39, 0.29) is 0 Å². The van der Waals surface area contributed by atoms with Crippen LogP contribution in [-0.4, -0.2) is 14.9 Å². The second-order valence-corrected chi connectivity index (χ2v) is 9.32. The summed E-state index contributed by atoms with van der Waals surface area (Å²) in [6.07, 6.45) is 4.75. The zero-order valence-electron chi connectivity index (χ0n) is 18.2. The Kier molecular flexibility index (Phi) is 3.46. The second kappa shape index (κ2) is 5.92. The smallest absolute Gasteiger partial charge is 0.231 e. The standard InChI is InChI=1S/C27H23N4/c1-16-8-9-19-24-20(7-6-11-29-24)31-21-14-17(15-27(2,3)28-4)13-18-10-12-30(5)26(23(18)21)22(16)25(19)31/h6-14H,15H2,1-3,5H3/q+1. The van der Waals surface area contributed by atoms with E-state index < -0.39 is 5.54 Å². The van der Waals surface area contributed by atoms with Crippen LogP contribution in [-0.2, 0) is 13.5 Å². The third kappa shape index (κ3) is 2.35. The van der Waals surface area contributed by atoms with Gasteiger partial charge < -0.3 is 9.25 Å². The average molecular weight is 404 g/mol. The van der Waals surface area contributed by atoms with E-state index in [9.17, 15) is 0 Å². The van der Waals surface area contributed by atoms with Gasteiger partial charge in [-0.15, -0.1) is 0 Å². The molecular formula is C27H23N4+. The third-order valence-electron chi connectivity index (χ3n) is 6.58. The Balaban J connectivity index is 1.94. The van der Waals surface area contributed by atoms with Crippen LogP contribution in [0.25, 0.3) is 54.0 Å². The maximum absolute atomic E-state index is 7.59. The van der Waals surface area contributed by atoms with Crippen molar-refractivity contribution in [2.45, 2.75) is 32.7 Å². The second-order valence-electron chi connectivity index (χ2n) is 9.32. The van der Waals surface area contributed by atoms with Gasteiger partial charge in [-0.3, -0.25) is 4.98 Å². The predicted molar refractivity (Wildman–Crippen MR) is 127 cm³/mol. The van der Waals surface area contributed by atoms with Crippen LogP contribution in [0, 0.1) is 13.5 Å². The zero-order valence-corrected chi connectivity index (χ0v) is 18.2. The fourth-order valence-electron chi connectivity index (χ4n) is 5.23. The van der Waals surface area contributed by atoms with E-state index >= 15 is 0 Å². The maximum atomic E-state index is 7.59. The van der Waals surface area contributed by atoms with Gasteiger partial charge in [-0.05, 0) is 41.6 Å². The Morgan fingerprint density at radius 1 is 1.10 bits per heavy atom. The minimum Gasteiger partial charge on any atom is -0.311 e. The van der Waals surface area contributed by atoms with Crippen molar-refractivity contribution in [3.63, 3.8) is 0 Å². The summed E-state index contributed by atoms with van der Waals surface area (Å²) in [6.45, 7) is 13.8. The molecule has 0 aliphatic carbocycles. The van der Waals surface area contributed by atoms with Gasteiger partial charge in [-0.2, -0.15) is 0 Å². The highest BCUT2D eigenvalue weighted by Crippen LogP contribution is 2.40. The van der Waals surface area contributed by atoms with Gasteiger partial charge in [0.2, 0.25) is 11.1 Å². The van der Waals surface area contributed by atoms with E-state index in [1.807, 2.05) is 26.1 Å². The molecule has 0 radical (unpaired) electrons. The van der Waals surface area contributed by atoms with E-state index in [4.69, 9.17) is 11.6 Å². The molecule has 4 heterocycles. The van der Waals surface area contributed by atoms with Gasteiger partial charge in [0.15, 0.2) is 6.20 Å². The summed E-state index contributed by atoms with van der Waals surface area (Å²) in [5.41, 5.74) is 7.86. The molecule has 150 valence electrons. The molecule has 0 bridgehead atoms. The number of pyridine rings is 3. The maximum Gasteiger partial charge on any atom is 0.231 e. The molecule has 4 heteroatoms. The highest BCUT2D eigenvalue weighted by molar-refractivity contribution is 6.25. The molecule has 0 aliphatic heterocycles. The van der Waals surface area contributed by atoms with Gasteiger partial charge >= 0.3 is 0 Å². The molecule has 2 aromatic carbocycles. The lowest BCUT2D eigenvalue weighted by Crippen LogP contribution is -2.29. The van der Waals surface area contributed by atoms with Crippen molar-refractivity contribution in [1.29, 1.82) is 0 Å². The fraction of sp³-hybridized carbons (Fsp3) is 0.222. The van der Waals surface area contributed by atoms with Crippen LogP contribution < -0.4 is 4.57 Å². The van der Waals surface area contributed by atoms with E-state index in [0.29, 0.717) is 0 Å². The van der Waals surface area contributed by atoms with Crippen LogP contribution in [0.3, 0.4) is 0 Å². The SMILES string of the molecule is [C-]#[N+]C(C)(C)Cc1cc2cc[n+](C)c3c4c(C)ccc5c6ncccc6n(c(c1)c23)c54. The highest BCUT2D eigenvalue weighted by Gasteiger charge is 2.27. The number of hydrogen-bond acceptors (Lipinski definition) is 1. The molecular weight excluding hydrogens is 380 g/mol. The summed E-state index contributed by atoms with van der Waals surface area (Å²) >= 11 is 0. The zero-order chi connectivity index (χ0) is 21.5. The molecule has 0 atom stereocenters. The van der Waals surface area contributed by atoms with Gasteiger partial charge in [-0.1, -0.05) is 18.2 Å². The summed E-state index contributed by atoms with van der Waals surface area (Å²) < 4.78 is 4.63. The number of rotatable bonds is 2. The van der Waals surface area contributed by atoms with Crippen molar-refractivity contribution >= 4 is 49.1 Å². The van der Waals surface area contributed by atoms with Crippen LogP contribution in [0.2, 0.25) is 0 Å². The Hall–Kier alpha value is -3.71. The van der Waals surface area contributed by atoms with Crippen LogP contribution >= 0.6 is 0 Å². The summed E-state index contributed by atoms with van der Waals surface area (Å²) in [7, 11) is 2.13. The van der Waals surface area contributed by atoms with Gasteiger partial charge in [0.05, 0.1) is 39.3 Å². The van der Waals surface area contributed by atoms with E-state index in [2.05, 4.69) is 70.4 Å². The molecule has 0 saturated heterocycles. The van der Waals surface area contributed by atoms with Gasteiger partial charge in [0, 0.05) is 31.5 Å². The Labute approximate surface area is 180 Å². The van der Waals surface area contributed by atoms with Gasteiger partial charge in [-0.25, -0.2) is 11.1 Å². The molecule has 4 aromatic heterocycles. The molecule has 0 N–H and O–H groups in total. The molecule has 0 fully saturated rings. The topological polar surface area (TPSA) is 25.5 Å². The molecule has 0 amide bonds. The molecule has 6 rings (SSSR count). The molecule has 0 aliphatic rings. The molecule has 0 unspecified atom stereocenters. The van der Waals surface area contributed by atoms with E-state index in [0.717, 1.165) is 17.5 Å². The van der Waals surface area contributed by atoms with Crippen LogP contribution in [0.4, 0.5) is 0 Å². The van der Waals surface area contributed by atoms with Crippen molar-refractivity contribution in [2.75, 3.05) is 0 Å². The highest BCUT2D eigenvalue weighted by atomic mass is 15.0. The lowest BCUT2D eigenvalue weighted by Gasteiger charge is -2.16. The van der Waals surface area contributed by atoms with Crippen molar-refractivity contribution < 1.29 is 4.57 Å². The molecule has 31 heavy (non-hydrogen) atoms. The summed E-state index contributed by atoms with van der Waals surface area (Å²) in [4.78, 5) is 8.61. The lowest BCUT2D eigenvalue weighted by atomic mass is 9.92. The van der Waals surface area contributed by atoms with Gasteiger partial charge in [0.1, 0.15) is 7.05 Å². The van der Waals surface area contributed by atoms with Crippen LogP contribution in [0.15, 0.2) is 54.9 Å². The van der Waals surface area contributed by atoms with Crippen molar-refractivity contribution in [3.05, 3.63) is 77.4 Å². The van der Waals surface area contributed by atoms with E-state index in [1.54, 1.807) is 0 Å². The Morgan fingerprint density at radius 2 is 1.94 bits per heavy atom. The fourth-order valence-corrected chi connectivity index (χ4v) is 5.23. The van der Waals surface area contributed by atoms with Crippen molar-refractivity contribution in [2.24, 2.45) is 7.05 Å². The Morgan fingerprint density at radius 3 is 2.74 bits per heavy atom. The number of benzene rings is 2. The minimum atomic E-state index is -0.429. The number of aromatic nitrogens is 3. The average Bonchev–Trinajstić information content (AvgIpc) is 3.09. The number of fused-ring (bicyclic) bond motifs is 5. The first-order chi connectivity index (χ1) is 14.9. The summed E-state index contributed by atoms with van der Waals surface area (Å²) in [5.74, 6) is 0. The monoisotopic (exact) mass is 403 g/mol. The van der Waals surface area contributed by atoms with E-state index in [1.165, 1.54) is 49.2 Å². The van der Waals surface area contributed by atoms with Gasteiger partial charge in [0.25, 0.3) is 0 Å². The molecule has 6 aromatic rings. The first kappa shape index (κ1) is 18.1. The lowest BCUT2D eigenvalue weighted by molar-refractivity contribution is -0.643. The largest absolute Gasteiger partial charge is 0.311 e. The number of aryl methyl sites for hydroxylation is 2. The predicted octanol–water partition coefficient (Wildman–Crippen LogP) is 5.76. The quantitative estimate of drug-likeness (QED) is 0.156. The van der Waals surface area contributed by atoms with Crippen LogP contribution in [0.1, 0.15) is 25.0 Å². The molecule has 4 nitrogen and oxygen atoms in total. The first-order valence-corrected chi connectivity index (χ1v) is 10.6. The minimum absolute atomic E-state index is 0.429.